The monoisotopic (exact) mass is 631 g/mol. The Labute approximate surface area is 272 Å². The third-order valence-electron chi connectivity index (χ3n) is 8.91. The number of aromatic hydroxyl groups is 3. The number of rotatable bonds is 6. The van der Waals surface area contributed by atoms with Crippen LogP contribution < -0.4 is 0 Å². The van der Waals surface area contributed by atoms with Crippen LogP contribution in [0.15, 0.2) is 70.1 Å². The summed E-state index contributed by atoms with van der Waals surface area (Å²) >= 11 is 0. The van der Waals surface area contributed by atoms with Crippen LogP contribution in [0.2, 0.25) is 0 Å². The fourth-order valence-corrected chi connectivity index (χ4v) is 6.62. The Morgan fingerprint density at radius 3 is 1.85 bits per heavy atom. The van der Waals surface area contributed by atoms with Crippen molar-refractivity contribution < 1.29 is 30.9 Å². The zero-order chi connectivity index (χ0) is 33.6. The summed E-state index contributed by atoms with van der Waals surface area (Å²) in [5.41, 5.74) is 4.97. The summed E-state index contributed by atoms with van der Waals surface area (Å²) < 4.78 is 0. The van der Waals surface area contributed by atoms with Gasteiger partial charge >= 0.3 is 0 Å². The number of hydrogen-bond acceptors (Lipinski definition) is 9. The van der Waals surface area contributed by atoms with Crippen LogP contribution in [-0.2, 0) is 0 Å². The van der Waals surface area contributed by atoms with Gasteiger partial charge in [0.05, 0.1) is 18.6 Å². The first-order valence-electron chi connectivity index (χ1n) is 16.1. The number of phenols is 3. The summed E-state index contributed by atoms with van der Waals surface area (Å²) in [6, 6.07) is 16.5. The Kier molecular flexibility index (Phi) is 13.9. The van der Waals surface area contributed by atoms with Gasteiger partial charge in [0.1, 0.15) is 17.2 Å². The van der Waals surface area contributed by atoms with Crippen molar-refractivity contribution in [1.29, 1.82) is 0 Å². The highest BCUT2D eigenvalue weighted by Gasteiger charge is 2.27. The first-order valence-corrected chi connectivity index (χ1v) is 16.1. The number of hydrogen-bond donors (Lipinski definition) is 6. The minimum absolute atomic E-state index is 0.127. The largest absolute Gasteiger partial charge is 0.507 e. The molecular formula is C37H49N3O6. The molecule has 9 heteroatoms. The Bertz CT molecular complexity index is 1470. The van der Waals surface area contributed by atoms with E-state index in [0.717, 1.165) is 24.0 Å². The molecule has 0 radical (unpaired) electrons. The maximum atomic E-state index is 10.2. The van der Waals surface area contributed by atoms with Gasteiger partial charge in [0, 0.05) is 16.7 Å². The molecule has 0 saturated heterocycles. The summed E-state index contributed by atoms with van der Waals surface area (Å²) in [6.45, 7) is 8.68. The summed E-state index contributed by atoms with van der Waals surface area (Å²) in [7, 11) is 0. The fourth-order valence-electron chi connectivity index (χ4n) is 6.62. The molecule has 5 rings (SSSR count). The topological polar surface area (TPSA) is 158 Å². The van der Waals surface area contributed by atoms with Crippen LogP contribution in [0.25, 0.3) is 0 Å². The van der Waals surface area contributed by atoms with E-state index < -0.39 is 0 Å². The number of benzene rings is 3. The highest BCUT2D eigenvalue weighted by atomic mass is 16.4. The van der Waals surface area contributed by atoms with Crippen LogP contribution >= 0.6 is 0 Å². The molecule has 2 aliphatic rings. The molecule has 46 heavy (non-hydrogen) atoms. The van der Waals surface area contributed by atoms with Gasteiger partial charge in [-0.1, -0.05) is 80.3 Å². The quantitative estimate of drug-likeness (QED) is 0.0905. The summed E-state index contributed by atoms with van der Waals surface area (Å²) in [5, 5.41) is 63.4. The van der Waals surface area contributed by atoms with Crippen molar-refractivity contribution in [2.75, 3.05) is 0 Å². The van der Waals surface area contributed by atoms with Gasteiger partial charge in [0.15, 0.2) is 0 Å². The van der Waals surface area contributed by atoms with Crippen LogP contribution in [0, 0.1) is 11.8 Å². The standard InChI is InChI=1S/C15H21NO2.C12H15NO2.C10H13NO2/c1-10-6-11(2)8-13(7-10)14-5-3-4-12(9-16-18)15(14)17;14-12-7-10(9-3-1-2-4-9)5-6-11(12)8-13-15;1-7(2)8-3-4-10(12)9(5-8)6-11-13/h3-5,9-11,13,17-18H,6-8H2,1-2H3;5-9,14-15H,1-4H2;3-7,12-13H,1-2H3/b16-9+;13-8+;11-6+. The molecule has 2 aliphatic carbocycles. The van der Waals surface area contributed by atoms with E-state index in [9.17, 15) is 15.3 Å². The van der Waals surface area contributed by atoms with E-state index >= 15 is 0 Å². The summed E-state index contributed by atoms with van der Waals surface area (Å²) in [5.74, 6) is 3.39. The van der Waals surface area contributed by atoms with E-state index in [4.69, 9.17) is 15.6 Å². The summed E-state index contributed by atoms with van der Waals surface area (Å²) in [4.78, 5) is 0. The average Bonchev–Trinajstić information content (AvgIpc) is 3.56. The molecule has 2 atom stereocenters. The normalized spacial score (nSPS) is 20.2. The zero-order valence-electron chi connectivity index (χ0n) is 27.3. The predicted molar refractivity (Wildman–Crippen MR) is 183 cm³/mol. The van der Waals surface area contributed by atoms with Crippen LogP contribution in [0.4, 0.5) is 0 Å². The van der Waals surface area contributed by atoms with Crippen LogP contribution in [0.1, 0.15) is 124 Å². The SMILES string of the molecule is CC(C)c1ccc(O)c(/C=N/O)c1.CC1CC(C)CC(c2cccc(/C=N/O)c2O)C1.O/N=C/c1ccc(C2CCCC2)cc1O. The Hall–Kier alpha value is -4.53. The first kappa shape index (κ1) is 35.9. The predicted octanol–water partition coefficient (Wildman–Crippen LogP) is 8.92. The van der Waals surface area contributed by atoms with Gasteiger partial charge < -0.3 is 30.9 Å². The van der Waals surface area contributed by atoms with Gasteiger partial charge in [-0.3, -0.25) is 0 Å². The Balaban J connectivity index is 0.000000191. The molecular weight excluding hydrogens is 582 g/mol. The van der Waals surface area contributed by atoms with Gasteiger partial charge in [0.25, 0.3) is 0 Å². The van der Waals surface area contributed by atoms with Crippen LogP contribution in [0.3, 0.4) is 0 Å². The van der Waals surface area contributed by atoms with Crippen molar-refractivity contribution in [3.63, 3.8) is 0 Å². The van der Waals surface area contributed by atoms with E-state index in [2.05, 4.69) is 43.2 Å². The number of phenolic OH excluding ortho intramolecular Hbond substituents is 3. The lowest BCUT2D eigenvalue weighted by molar-refractivity contribution is 0.265. The molecule has 0 bridgehead atoms. The lowest BCUT2D eigenvalue weighted by atomic mass is 9.73. The van der Waals surface area contributed by atoms with E-state index in [1.165, 1.54) is 56.3 Å². The molecule has 9 nitrogen and oxygen atoms in total. The van der Waals surface area contributed by atoms with Crippen LogP contribution in [-0.4, -0.2) is 49.6 Å². The Morgan fingerprint density at radius 1 is 0.652 bits per heavy atom. The molecule has 3 aromatic rings. The number of nitrogens with zero attached hydrogens (tertiary/aromatic N) is 3. The van der Waals surface area contributed by atoms with Crippen molar-refractivity contribution in [3.8, 4) is 17.2 Å². The second kappa shape index (κ2) is 17.8. The first-order chi connectivity index (χ1) is 22.1. The molecule has 0 amide bonds. The molecule has 0 heterocycles. The molecule has 2 unspecified atom stereocenters. The van der Waals surface area contributed by atoms with E-state index in [-0.39, 0.29) is 17.2 Å². The average molecular weight is 632 g/mol. The van der Waals surface area contributed by atoms with Gasteiger partial charge in [0.2, 0.25) is 0 Å². The maximum absolute atomic E-state index is 10.2. The number of oxime groups is 3. The Morgan fingerprint density at radius 2 is 1.26 bits per heavy atom. The zero-order valence-corrected chi connectivity index (χ0v) is 27.3. The lowest BCUT2D eigenvalue weighted by Gasteiger charge is -2.32. The van der Waals surface area contributed by atoms with E-state index in [0.29, 0.717) is 46.3 Å². The minimum atomic E-state index is 0.127. The third-order valence-corrected chi connectivity index (χ3v) is 8.91. The van der Waals surface area contributed by atoms with Gasteiger partial charge in [-0.25, -0.2) is 0 Å². The van der Waals surface area contributed by atoms with E-state index in [1.807, 2.05) is 24.3 Å². The molecule has 0 spiro atoms. The van der Waals surface area contributed by atoms with Crippen molar-refractivity contribution in [2.45, 2.75) is 90.4 Å². The van der Waals surface area contributed by atoms with Crippen molar-refractivity contribution in [3.05, 3.63) is 88.0 Å². The number of para-hydroxylation sites is 1. The van der Waals surface area contributed by atoms with Crippen molar-refractivity contribution in [2.24, 2.45) is 27.3 Å². The van der Waals surface area contributed by atoms with Crippen molar-refractivity contribution in [1.82, 2.24) is 0 Å². The second-order valence-corrected chi connectivity index (χ2v) is 12.9. The molecule has 248 valence electrons. The smallest absolute Gasteiger partial charge is 0.127 e. The molecule has 2 fully saturated rings. The highest BCUT2D eigenvalue weighted by Crippen LogP contribution is 2.42. The molecule has 2 saturated carbocycles. The van der Waals surface area contributed by atoms with E-state index in [1.54, 1.807) is 30.3 Å². The van der Waals surface area contributed by atoms with Crippen molar-refractivity contribution >= 4 is 18.6 Å². The summed E-state index contributed by atoms with van der Waals surface area (Å²) in [6.07, 6.45) is 12.3. The molecule has 0 aliphatic heterocycles. The highest BCUT2D eigenvalue weighted by molar-refractivity contribution is 5.84. The van der Waals surface area contributed by atoms with Crippen LogP contribution in [0.5, 0.6) is 17.2 Å². The molecule has 0 aromatic heterocycles. The van der Waals surface area contributed by atoms with Gasteiger partial charge in [-0.05, 0) is 109 Å². The maximum Gasteiger partial charge on any atom is 0.127 e. The second-order valence-electron chi connectivity index (χ2n) is 12.9. The lowest BCUT2D eigenvalue weighted by Crippen LogP contribution is -2.18. The fraction of sp³-hybridized carbons (Fsp3) is 0.432. The molecule has 3 aromatic carbocycles. The molecule has 6 N–H and O–H groups in total. The third kappa shape index (κ3) is 10.3. The van der Waals surface area contributed by atoms with Gasteiger partial charge in [-0.15, -0.1) is 0 Å². The van der Waals surface area contributed by atoms with Gasteiger partial charge in [-0.2, -0.15) is 0 Å². The minimum Gasteiger partial charge on any atom is -0.507 e.